The normalized spacial score (nSPS) is 10.9. The number of fused-ring (bicyclic) bond motifs is 1. The predicted octanol–water partition coefficient (Wildman–Crippen LogP) is 2.88. The first kappa shape index (κ1) is 14.1. The second kappa shape index (κ2) is 5.18. The molecule has 3 aromatic rings. The maximum Gasteiger partial charge on any atom is 0.258 e. The first-order valence-electron chi connectivity index (χ1n) is 6.54. The summed E-state index contributed by atoms with van der Waals surface area (Å²) in [6, 6.07) is 4.52. The van der Waals surface area contributed by atoms with E-state index in [9.17, 15) is 13.6 Å². The van der Waals surface area contributed by atoms with E-state index in [4.69, 9.17) is 0 Å². The summed E-state index contributed by atoms with van der Waals surface area (Å²) < 4.78 is 28.0. The average Bonchev–Trinajstić information content (AvgIpc) is 2.79. The number of hydrogen-bond acceptors (Lipinski definition) is 3. The molecule has 0 fully saturated rings. The number of amides is 1. The van der Waals surface area contributed by atoms with Crippen LogP contribution in [0.15, 0.2) is 30.5 Å². The molecule has 1 N–H and O–H groups in total. The average molecular weight is 302 g/mol. The van der Waals surface area contributed by atoms with Crippen molar-refractivity contribution in [3.8, 4) is 0 Å². The Labute approximate surface area is 124 Å². The fourth-order valence-corrected chi connectivity index (χ4v) is 2.20. The van der Waals surface area contributed by atoms with Crippen molar-refractivity contribution >= 4 is 17.2 Å². The predicted molar refractivity (Wildman–Crippen MR) is 76.8 cm³/mol. The summed E-state index contributed by atoms with van der Waals surface area (Å²) in [5, 5.41) is 6.75. The van der Waals surface area contributed by atoms with Gasteiger partial charge < -0.3 is 5.32 Å². The number of benzene rings is 1. The van der Waals surface area contributed by atoms with E-state index < -0.39 is 17.5 Å². The Kier molecular flexibility index (Phi) is 3.32. The van der Waals surface area contributed by atoms with Crippen molar-refractivity contribution in [3.63, 3.8) is 0 Å². The summed E-state index contributed by atoms with van der Waals surface area (Å²) in [5.74, 6) is -1.69. The monoisotopic (exact) mass is 302 g/mol. The van der Waals surface area contributed by atoms with E-state index in [2.05, 4.69) is 15.4 Å². The molecule has 112 valence electrons. The van der Waals surface area contributed by atoms with Gasteiger partial charge in [-0.3, -0.25) is 4.79 Å². The van der Waals surface area contributed by atoms with Crippen molar-refractivity contribution in [2.75, 3.05) is 5.32 Å². The number of anilines is 1. The van der Waals surface area contributed by atoms with Crippen molar-refractivity contribution in [2.45, 2.75) is 13.8 Å². The van der Waals surface area contributed by atoms with Crippen LogP contribution in [0.4, 0.5) is 14.5 Å². The number of halogens is 2. The number of carbonyl (C=O) groups is 1. The number of nitrogens with zero attached hydrogens (tertiary/aromatic N) is 3. The van der Waals surface area contributed by atoms with E-state index in [0.29, 0.717) is 23.2 Å². The lowest BCUT2D eigenvalue weighted by atomic mass is 10.2. The van der Waals surface area contributed by atoms with Crippen LogP contribution >= 0.6 is 0 Å². The fraction of sp³-hybridized carbons (Fsp3) is 0.133. The van der Waals surface area contributed by atoms with Gasteiger partial charge in [-0.15, -0.1) is 0 Å². The number of hydrogen-bond donors (Lipinski definition) is 1. The molecule has 22 heavy (non-hydrogen) atoms. The van der Waals surface area contributed by atoms with E-state index in [1.54, 1.807) is 23.7 Å². The Morgan fingerprint density at radius 1 is 1.23 bits per heavy atom. The second-order valence-corrected chi connectivity index (χ2v) is 4.92. The molecule has 0 aliphatic rings. The van der Waals surface area contributed by atoms with Crippen LogP contribution in [0.1, 0.15) is 21.7 Å². The Morgan fingerprint density at radius 3 is 2.73 bits per heavy atom. The van der Waals surface area contributed by atoms with Crippen molar-refractivity contribution in [2.24, 2.45) is 0 Å². The molecule has 2 heterocycles. The zero-order chi connectivity index (χ0) is 15.9. The highest BCUT2D eigenvalue weighted by molar-refractivity contribution is 6.04. The van der Waals surface area contributed by atoms with Gasteiger partial charge in [-0.25, -0.2) is 18.3 Å². The number of carbonyl (C=O) groups excluding carboxylic acids is 1. The zero-order valence-electron chi connectivity index (χ0n) is 11.9. The molecular weight excluding hydrogens is 290 g/mol. The third-order valence-corrected chi connectivity index (χ3v) is 3.16. The van der Waals surface area contributed by atoms with E-state index in [0.717, 1.165) is 17.7 Å². The molecule has 0 saturated heterocycles. The van der Waals surface area contributed by atoms with E-state index >= 15 is 0 Å². The van der Waals surface area contributed by atoms with Gasteiger partial charge in [-0.2, -0.15) is 5.10 Å². The maximum atomic E-state index is 13.6. The molecule has 0 atom stereocenters. The van der Waals surface area contributed by atoms with Crippen molar-refractivity contribution in [1.82, 2.24) is 14.6 Å². The lowest BCUT2D eigenvalue weighted by Gasteiger charge is -2.07. The van der Waals surface area contributed by atoms with Gasteiger partial charge in [0, 0.05) is 6.07 Å². The third kappa shape index (κ3) is 2.52. The van der Waals surface area contributed by atoms with Crippen LogP contribution in [0.2, 0.25) is 0 Å². The summed E-state index contributed by atoms with van der Waals surface area (Å²) in [6.07, 6.45) is 1.58. The van der Waals surface area contributed by atoms with Crippen molar-refractivity contribution < 1.29 is 13.6 Å². The smallest absolute Gasteiger partial charge is 0.258 e. The minimum Gasteiger partial charge on any atom is -0.320 e. The van der Waals surface area contributed by atoms with Gasteiger partial charge in [-0.1, -0.05) is 0 Å². The van der Waals surface area contributed by atoms with Gasteiger partial charge in [-0.05, 0) is 37.6 Å². The molecule has 0 bridgehead atoms. The van der Waals surface area contributed by atoms with Crippen LogP contribution in [-0.4, -0.2) is 20.5 Å². The number of nitrogens with one attached hydrogen (secondary N) is 1. The van der Waals surface area contributed by atoms with E-state index in [1.165, 1.54) is 0 Å². The van der Waals surface area contributed by atoms with Gasteiger partial charge in [0.2, 0.25) is 0 Å². The minimum atomic E-state index is -0.910. The summed E-state index contributed by atoms with van der Waals surface area (Å²) in [7, 11) is 0. The Hall–Kier alpha value is -2.83. The quantitative estimate of drug-likeness (QED) is 0.792. The van der Waals surface area contributed by atoms with Crippen LogP contribution in [0.3, 0.4) is 0 Å². The minimum absolute atomic E-state index is 0.228. The molecule has 2 aromatic heterocycles. The Morgan fingerprint density at radius 2 is 2.00 bits per heavy atom. The molecule has 1 amide bonds. The summed E-state index contributed by atoms with van der Waals surface area (Å²) in [5.41, 5.74) is 1.72. The highest BCUT2D eigenvalue weighted by Crippen LogP contribution is 2.17. The molecule has 5 nitrogen and oxygen atoms in total. The molecular formula is C15H12F2N4O. The number of aryl methyl sites for hydroxylation is 2. The van der Waals surface area contributed by atoms with Crippen LogP contribution in [0.25, 0.3) is 5.65 Å². The topological polar surface area (TPSA) is 59.3 Å². The lowest BCUT2D eigenvalue weighted by Crippen LogP contribution is -2.14. The second-order valence-electron chi connectivity index (χ2n) is 4.92. The van der Waals surface area contributed by atoms with E-state index in [-0.39, 0.29) is 5.56 Å². The van der Waals surface area contributed by atoms with Crippen LogP contribution in [0.5, 0.6) is 0 Å². The summed E-state index contributed by atoms with van der Waals surface area (Å²) >= 11 is 0. The molecule has 0 aliphatic heterocycles. The fourth-order valence-electron chi connectivity index (χ4n) is 2.20. The van der Waals surface area contributed by atoms with E-state index in [1.807, 2.05) is 6.92 Å². The first-order valence-corrected chi connectivity index (χ1v) is 6.54. The highest BCUT2D eigenvalue weighted by Gasteiger charge is 2.14. The van der Waals surface area contributed by atoms with Crippen LogP contribution in [-0.2, 0) is 0 Å². The van der Waals surface area contributed by atoms with Gasteiger partial charge >= 0.3 is 0 Å². The van der Waals surface area contributed by atoms with Gasteiger partial charge in [0.15, 0.2) is 5.65 Å². The molecule has 0 unspecified atom stereocenters. The molecule has 0 spiro atoms. The van der Waals surface area contributed by atoms with Gasteiger partial charge in [0.05, 0.1) is 17.4 Å². The van der Waals surface area contributed by atoms with Gasteiger partial charge in [0.25, 0.3) is 5.91 Å². The largest absolute Gasteiger partial charge is 0.320 e. The Bertz CT molecular complexity index is 889. The molecule has 0 radical (unpaired) electrons. The number of aromatic nitrogens is 3. The Balaban J connectivity index is 1.93. The maximum absolute atomic E-state index is 13.6. The molecule has 3 rings (SSSR count). The number of rotatable bonds is 2. The highest BCUT2D eigenvalue weighted by atomic mass is 19.1. The zero-order valence-corrected chi connectivity index (χ0v) is 11.9. The van der Waals surface area contributed by atoms with Crippen molar-refractivity contribution in [3.05, 3.63) is 59.0 Å². The summed E-state index contributed by atoms with van der Waals surface area (Å²) in [6.45, 7) is 3.59. The number of pyridine rings is 1. The molecule has 0 saturated carbocycles. The molecule has 0 aliphatic carbocycles. The van der Waals surface area contributed by atoms with Crippen LogP contribution in [0, 0.1) is 25.5 Å². The molecule has 1 aromatic carbocycles. The third-order valence-electron chi connectivity index (χ3n) is 3.16. The lowest BCUT2D eigenvalue weighted by molar-refractivity contribution is 0.102. The van der Waals surface area contributed by atoms with Crippen molar-refractivity contribution in [1.29, 1.82) is 0 Å². The van der Waals surface area contributed by atoms with Crippen LogP contribution < -0.4 is 5.32 Å². The molecule has 7 heteroatoms. The first-order chi connectivity index (χ1) is 10.4. The SMILES string of the molecule is Cc1nc2c(C)cc(NC(=O)c3ccc(F)cc3F)cn2n1. The summed E-state index contributed by atoms with van der Waals surface area (Å²) in [4.78, 5) is 16.3. The van der Waals surface area contributed by atoms with Gasteiger partial charge in [0.1, 0.15) is 17.5 Å². The standard InChI is InChI=1S/C15H12F2N4O/c1-8-5-11(7-21-14(8)18-9(2)20-21)19-15(22)12-4-3-10(16)6-13(12)17/h3-7H,1-2H3,(H,19,22).